The van der Waals surface area contributed by atoms with Gasteiger partial charge < -0.3 is 5.11 Å². The molecule has 0 aliphatic rings. The van der Waals surface area contributed by atoms with E-state index in [1.165, 1.54) is 4.90 Å². The Morgan fingerprint density at radius 2 is 2.07 bits per heavy atom. The number of aromatic hydroxyl groups is 1. The Morgan fingerprint density at radius 1 is 1.40 bits per heavy atom. The average Bonchev–Trinajstić information content (AvgIpc) is 2.15. The molecule has 1 aromatic rings. The molecule has 1 N–H and O–H groups in total. The van der Waals surface area contributed by atoms with Crippen molar-refractivity contribution in [3.63, 3.8) is 0 Å². The van der Waals surface area contributed by atoms with Crippen LogP contribution in [0.1, 0.15) is 26.3 Å². The fraction of sp³-hybridized carbons (Fsp3) is 0.385. The maximum absolute atomic E-state index is 9.77. The van der Waals surface area contributed by atoms with Crippen LogP contribution in [0, 0.1) is 0 Å². The molecule has 0 amide bonds. The summed E-state index contributed by atoms with van der Waals surface area (Å²) in [5.74, 6) is 1.28. The van der Waals surface area contributed by atoms with Gasteiger partial charge in [0.1, 0.15) is 5.75 Å². The molecule has 0 fully saturated rings. The fourth-order valence-corrected chi connectivity index (χ4v) is 2.04. The second-order valence-electron chi connectivity index (χ2n) is 4.53. The molecular formula is C13H18OS. The van der Waals surface area contributed by atoms with E-state index in [9.17, 15) is 5.11 Å². The molecule has 0 aliphatic heterocycles. The molecule has 15 heavy (non-hydrogen) atoms. The smallest absolute Gasteiger partial charge is 0.119 e. The van der Waals surface area contributed by atoms with Gasteiger partial charge in [0.15, 0.2) is 0 Å². The number of hydrogen-bond acceptors (Lipinski definition) is 2. The van der Waals surface area contributed by atoms with E-state index in [0.29, 0.717) is 5.75 Å². The number of hydrogen-bond donors (Lipinski definition) is 1. The highest BCUT2D eigenvalue weighted by atomic mass is 32.2. The van der Waals surface area contributed by atoms with Gasteiger partial charge in [0.05, 0.1) is 0 Å². The first-order valence-electron chi connectivity index (χ1n) is 5.02. The van der Waals surface area contributed by atoms with Crippen molar-refractivity contribution in [2.45, 2.75) is 31.1 Å². The van der Waals surface area contributed by atoms with E-state index >= 15 is 0 Å². The van der Waals surface area contributed by atoms with Crippen molar-refractivity contribution in [2.24, 2.45) is 0 Å². The largest absolute Gasteiger partial charge is 0.508 e. The molecule has 0 atom stereocenters. The van der Waals surface area contributed by atoms with Crippen LogP contribution in [0.3, 0.4) is 0 Å². The lowest BCUT2D eigenvalue weighted by Crippen LogP contribution is -2.11. The monoisotopic (exact) mass is 222 g/mol. The van der Waals surface area contributed by atoms with E-state index in [2.05, 4.69) is 33.4 Å². The first kappa shape index (κ1) is 12.2. The van der Waals surface area contributed by atoms with Gasteiger partial charge in [-0.3, -0.25) is 0 Å². The first-order valence-corrected chi connectivity index (χ1v) is 6.01. The van der Waals surface area contributed by atoms with Crippen LogP contribution in [-0.4, -0.2) is 10.9 Å². The van der Waals surface area contributed by atoms with Crippen LogP contribution in [0.15, 0.2) is 35.7 Å². The summed E-state index contributed by atoms with van der Waals surface area (Å²) < 4.78 is 0. The van der Waals surface area contributed by atoms with E-state index in [0.717, 1.165) is 11.3 Å². The van der Waals surface area contributed by atoms with Gasteiger partial charge in [0.2, 0.25) is 0 Å². The number of thioether (sulfide) groups is 1. The molecule has 1 rings (SSSR count). The van der Waals surface area contributed by atoms with Gasteiger partial charge in [-0.1, -0.05) is 26.8 Å². The van der Waals surface area contributed by atoms with Crippen molar-refractivity contribution < 1.29 is 5.11 Å². The summed E-state index contributed by atoms with van der Waals surface area (Å²) in [5.41, 5.74) is 0.978. The quantitative estimate of drug-likeness (QED) is 0.617. The molecule has 2 heteroatoms. The second-order valence-corrected chi connectivity index (χ2v) is 5.62. The Bertz CT molecular complexity index is 350. The Morgan fingerprint density at radius 3 is 2.60 bits per heavy atom. The van der Waals surface area contributed by atoms with Crippen LogP contribution in [0.25, 0.3) is 0 Å². The summed E-state index contributed by atoms with van der Waals surface area (Å²) in [6.45, 7) is 10.00. The minimum absolute atomic E-state index is 0.0190. The van der Waals surface area contributed by atoms with E-state index in [1.54, 1.807) is 17.8 Å². The summed E-state index contributed by atoms with van der Waals surface area (Å²) in [6, 6.07) is 5.77. The molecule has 82 valence electrons. The van der Waals surface area contributed by atoms with Crippen LogP contribution in [0.5, 0.6) is 5.75 Å². The molecule has 0 aromatic heterocycles. The van der Waals surface area contributed by atoms with Gasteiger partial charge in [-0.25, -0.2) is 0 Å². The summed E-state index contributed by atoms with van der Waals surface area (Å²) in [5, 5.41) is 9.77. The lowest BCUT2D eigenvalue weighted by molar-refractivity contribution is 0.446. The van der Waals surface area contributed by atoms with Crippen molar-refractivity contribution in [3.8, 4) is 5.75 Å². The Balaban J connectivity index is 3.00. The molecule has 0 bridgehead atoms. The SMILES string of the molecule is C=CCSc1ccc(O)c(C(C)(C)C)c1. The molecule has 0 aliphatic carbocycles. The number of phenols is 1. The van der Waals surface area contributed by atoms with Gasteiger partial charge in [-0.2, -0.15) is 0 Å². The maximum Gasteiger partial charge on any atom is 0.119 e. The summed E-state index contributed by atoms with van der Waals surface area (Å²) >= 11 is 1.73. The molecule has 1 aromatic carbocycles. The van der Waals surface area contributed by atoms with Crippen molar-refractivity contribution in [1.82, 2.24) is 0 Å². The first-order chi connectivity index (χ1) is 6.95. The van der Waals surface area contributed by atoms with E-state index in [4.69, 9.17) is 0 Å². The highest BCUT2D eigenvalue weighted by Gasteiger charge is 2.18. The zero-order valence-electron chi connectivity index (χ0n) is 9.58. The Kier molecular flexibility index (Phi) is 3.86. The second kappa shape index (κ2) is 4.75. The van der Waals surface area contributed by atoms with Crippen LogP contribution in [-0.2, 0) is 5.41 Å². The molecule has 1 nitrogen and oxygen atoms in total. The van der Waals surface area contributed by atoms with Gasteiger partial charge in [-0.05, 0) is 23.6 Å². The molecule has 0 saturated heterocycles. The minimum atomic E-state index is -0.0190. The highest BCUT2D eigenvalue weighted by Crippen LogP contribution is 2.33. The highest BCUT2D eigenvalue weighted by molar-refractivity contribution is 7.99. The lowest BCUT2D eigenvalue weighted by atomic mass is 9.86. The van der Waals surface area contributed by atoms with Crippen LogP contribution < -0.4 is 0 Å². The van der Waals surface area contributed by atoms with Crippen LogP contribution in [0.4, 0.5) is 0 Å². The third kappa shape index (κ3) is 3.31. The van der Waals surface area contributed by atoms with Crippen molar-refractivity contribution in [1.29, 1.82) is 0 Å². The molecule has 0 saturated carbocycles. The third-order valence-electron chi connectivity index (χ3n) is 2.14. The normalized spacial score (nSPS) is 11.4. The van der Waals surface area contributed by atoms with E-state index in [1.807, 2.05) is 12.1 Å². The van der Waals surface area contributed by atoms with Crippen LogP contribution in [0.2, 0.25) is 0 Å². The predicted molar refractivity (Wildman–Crippen MR) is 67.7 cm³/mol. The van der Waals surface area contributed by atoms with E-state index < -0.39 is 0 Å². The summed E-state index contributed by atoms with van der Waals surface area (Å²) in [6.07, 6.45) is 1.88. The van der Waals surface area contributed by atoms with Gasteiger partial charge in [-0.15, -0.1) is 18.3 Å². The Labute approximate surface area is 96.2 Å². The van der Waals surface area contributed by atoms with Crippen LogP contribution >= 0.6 is 11.8 Å². The molecule has 0 radical (unpaired) electrons. The molecule has 0 spiro atoms. The predicted octanol–water partition coefficient (Wildman–Crippen LogP) is 3.97. The standard InChI is InChI=1S/C13H18OS/c1-5-8-15-10-6-7-12(14)11(9-10)13(2,3)4/h5-7,9,14H,1,8H2,2-4H3. The zero-order chi connectivity index (χ0) is 11.5. The number of phenolic OH excluding ortho intramolecular Hbond substituents is 1. The molecule has 0 unspecified atom stereocenters. The maximum atomic E-state index is 9.77. The number of rotatable bonds is 3. The summed E-state index contributed by atoms with van der Waals surface area (Å²) in [7, 11) is 0. The Hall–Kier alpha value is -0.890. The van der Waals surface area contributed by atoms with Gasteiger partial charge in [0.25, 0.3) is 0 Å². The zero-order valence-corrected chi connectivity index (χ0v) is 10.4. The van der Waals surface area contributed by atoms with Gasteiger partial charge >= 0.3 is 0 Å². The average molecular weight is 222 g/mol. The lowest BCUT2D eigenvalue weighted by Gasteiger charge is -2.21. The van der Waals surface area contributed by atoms with E-state index in [-0.39, 0.29) is 5.41 Å². The van der Waals surface area contributed by atoms with Crippen molar-refractivity contribution >= 4 is 11.8 Å². The third-order valence-corrected chi connectivity index (χ3v) is 3.13. The number of benzene rings is 1. The van der Waals surface area contributed by atoms with Gasteiger partial charge in [0, 0.05) is 16.2 Å². The molecule has 0 heterocycles. The van der Waals surface area contributed by atoms with Crippen molar-refractivity contribution in [3.05, 3.63) is 36.4 Å². The topological polar surface area (TPSA) is 20.2 Å². The molecular weight excluding hydrogens is 204 g/mol. The minimum Gasteiger partial charge on any atom is -0.508 e. The van der Waals surface area contributed by atoms with Crippen molar-refractivity contribution in [2.75, 3.05) is 5.75 Å². The fourth-order valence-electron chi connectivity index (χ4n) is 1.36. The summed E-state index contributed by atoms with van der Waals surface area (Å²) in [4.78, 5) is 1.18.